The van der Waals surface area contributed by atoms with Crippen LogP contribution in [0.3, 0.4) is 0 Å². The number of aliphatic carboxylic acids is 1. The van der Waals surface area contributed by atoms with Gasteiger partial charge in [-0.15, -0.1) is 0 Å². The van der Waals surface area contributed by atoms with Crippen molar-refractivity contribution in [3.05, 3.63) is 0 Å². The Morgan fingerprint density at radius 1 is 1.21 bits per heavy atom. The van der Waals surface area contributed by atoms with Gasteiger partial charge in [-0.25, -0.2) is 4.79 Å². The van der Waals surface area contributed by atoms with E-state index in [0.717, 1.165) is 6.42 Å². The number of carboxylic acids is 1. The van der Waals surface area contributed by atoms with Crippen LogP contribution in [0.1, 0.15) is 25.7 Å². The Bertz CT molecular complexity index is 377. The van der Waals surface area contributed by atoms with Crippen molar-refractivity contribution in [2.45, 2.75) is 31.2 Å². The average molecular weight is 271 g/mol. The largest absolute Gasteiger partial charge is 0.481 e. The lowest BCUT2D eigenvalue weighted by Crippen LogP contribution is -2.58. The Morgan fingerprint density at radius 2 is 1.79 bits per heavy atom. The molecule has 7 heteroatoms. The quantitative estimate of drug-likeness (QED) is 0.743. The molecule has 1 saturated carbocycles. The molecule has 0 aromatic heterocycles. The highest BCUT2D eigenvalue weighted by molar-refractivity contribution is 5.84. The van der Waals surface area contributed by atoms with Gasteiger partial charge in [-0.3, -0.25) is 9.59 Å². The number of urea groups is 1. The van der Waals surface area contributed by atoms with Crippen molar-refractivity contribution in [2.24, 2.45) is 0 Å². The molecule has 1 fully saturated rings. The normalized spacial score (nSPS) is 16.2. The zero-order valence-electron chi connectivity index (χ0n) is 11.6. The molecule has 0 aromatic rings. The third-order valence-electron chi connectivity index (χ3n) is 3.39. The molecule has 19 heavy (non-hydrogen) atoms. The number of amides is 3. The second-order valence-corrected chi connectivity index (χ2v) is 5.28. The molecule has 0 saturated heterocycles. The van der Waals surface area contributed by atoms with Crippen molar-refractivity contribution < 1.29 is 19.5 Å². The van der Waals surface area contributed by atoms with Crippen molar-refractivity contribution >= 4 is 17.9 Å². The monoisotopic (exact) mass is 271 g/mol. The Labute approximate surface area is 112 Å². The molecule has 0 spiro atoms. The zero-order chi connectivity index (χ0) is 14.6. The van der Waals surface area contributed by atoms with E-state index in [0.29, 0.717) is 12.8 Å². The van der Waals surface area contributed by atoms with Crippen LogP contribution >= 0.6 is 0 Å². The summed E-state index contributed by atoms with van der Waals surface area (Å²) in [5.41, 5.74) is -0.641. The molecule has 0 aliphatic heterocycles. The lowest BCUT2D eigenvalue weighted by atomic mass is 9.74. The zero-order valence-corrected chi connectivity index (χ0v) is 11.6. The van der Waals surface area contributed by atoms with E-state index in [9.17, 15) is 14.4 Å². The molecule has 0 aromatic carbocycles. The summed E-state index contributed by atoms with van der Waals surface area (Å²) in [6, 6.07) is -0.406. The SMILES string of the molecule is CN(C)C(=O)CN(C)C(=O)NC1(CC(=O)O)CCC1. The molecule has 1 rings (SSSR count). The number of hydrogen-bond donors (Lipinski definition) is 2. The maximum Gasteiger partial charge on any atom is 0.318 e. The lowest BCUT2D eigenvalue weighted by Gasteiger charge is -2.42. The smallest absolute Gasteiger partial charge is 0.318 e. The number of nitrogens with one attached hydrogen (secondary N) is 1. The maximum atomic E-state index is 11.9. The van der Waals surface area contributed by atoms with Crippen LogP contribution in [0.2, 0.25) is 0 Å². The topological polar surface area (TPSA) is 90.0 Å². The fourth-order valence-electron chi connectivity index (χ4n) is 1.98. The minimum absolute atomic E-state index is 0.0258. The first-order chi connectivity index (χ1) is 8.76. The van der Waals surface area contributed by atoms with E-state index in [1.54, 1.807) is 14.1 Å². The number of hydrogen-bond acceptors (Lipinski definition) is 3. The van der Waals surface area contributed by atoms with Crippen LogP contribution in [-0.4, -0.2) is 66.0 Å². The number of carboxylic acid groups (broad SMARTS) is 1. The van der Waals surface area contributed by atoms with Gasteiger partial charge in [-0.1, -0.05) is 0 Å². The summed E-state index contributed by atoms with van der Waals surface area (Å²) in [7, 11) is 4.75. The fourth-order valence-corrected chi connectivity index (χ4v) is 1.98. The molecule has 2 N–H and O–H groups in total. The van der Waals surface area contributed by atoms with Crippen LogP contribution in [-0.2, 0) is 9.59 Å². The van der Waals surface area contributed by atoms with Gasteiger partial charge in [0.15, 0.2) is 0 Å². The van der Waals surface area contributed by atoms with E-state index >= 15 is 0 Å². The summed E-state index contributed by atoms with van der Waals surface area (Å²) in [5.74, 6) is -1.11. The molecule has 0 radical (unpaired) electrons. The van der Waals surface area contributed by atoms with Gasteiger partial charge in [0.05, 0.1) is 12.0 Å². The number of carbonyl (C=O) groups is 3. The molecule has 0 heterocycles. The average Bonchev–Trinajstić information content (AvgIpc) is 2.24. The predicted octanol–water partition coefficient (Wildman–Crippen LogP) is 0.113. The van der Waals surface area contributed by atoms with E-state index in [2.05, 4.69) is 5.32 Å². The van der Waals surface area contributed by atoms with Crippen molar-refractivity contribution in [3.63, 3.8) is 0 Å². The van der Waals surface area contributed by atoms with Crippen LogP contribution in [0, 0.1) is 0 Å². The second kappa shape index (κ2) is 5.90. The number of carbonyl (C=O) groups excluding carboxylic acids is 2. The Hall–Kier alpha value is -1.79. The summed E-state index contributed by atoms with van der Waals surface area (Å²) >= 11 is 0. The van der Waals surface area contributed by atoms with Gasteiger partial charge >= 0.3 is 12.0 Å². The molecule has 3 amide bonds. The minimum atomic E-state index is -0.924. The highest BCUT2D eigenvalue weighted by Crippen LogP contribution is 2.35. The summed E-state index contributed by atoms with van der Waals surface area (Å²) in [4.78, 5) is 36.9. The number of likely N-dealkylation sites (N-methyl/N-ethyl adjacent to an activating group) is 2. The third-order valence-corrected chi connectivity index (χ3v) is 3.39. The van der Waals surface area contributed by atoms with E-state index in [1.807, 2.05) is 0 Å². The van der Waals surface area contributed by atoms with Gasteiger partial charge in [0.1, 0.15) is 6.54 Å². The molecular formula is C12H21N3O4. The molecule has 7 nitrogen and oxygen atoms in total. The number of rotatable bonds is 5. The van der Waals surface area contributed by atoms with Gasteiger partial charge < -0.3 is 20.2 Å². The first-order valence-corrected chi connectivity index (χ1v) is 6.21. The molecule has 1 aliphatic carbocycles. The molecule has 0 atom stereocenters. The van der Waals surface area contributed by atoms with Crippen LogP contribution in [0.15, 0.2) is 0 Å². The number of nitrogens with zero attached hydrogens (tertiary/aromatic N) is 2. The molecule has 1 aliphatic rings. The van der Waals surface area contributed by atoms with Crippen LogP contribution < -0.4 is 5.32 Å². The van der Waals surface area contributed by atoms with Gasteiger partial charge in [-0.2, -0.15) is 0 Å². The second-order valence-electron chi connectivity index (χ2n) is 5.28. The van der Waals surface area contributed by atoms with Crippen LogP contribution in [0.5, 0.6) is 0 Å². The summed E-state index contributed by atoms with van der Waals surface area (Å²) in [5, 5.41) is 11.6. The van der Waals surface area contributed by atoms with Gasteiger partial charge in [0, 0.05) is 21.1 Å². The summed E-state index contributed by atoms with van der Waals surface area (Å²) < 4.78 is 0. The van der Waals surface area contributed by atoms with E-state index in [-0.39, 0.29) is 18.9 Å². The lowest BCUT2D eigenvalue weighted by molar-refractivity contribution is -0.139. The third kappa shape index (κ3) is 4.11. The summed E-state index contributed by atoms with van der Waals surface area (Å²) in [6.45, 7) is -0.0258. The van der Waals surface area contributed by atoms with E-state index < -0.39 is 17.5 Å². The predicted molar refractivity (Wildman–Crippen MR) is 68.7 cm³/mol. The highest BCUT2D eigenvalue weighted by atomic mass is 16.4. The first kappa shape index (κ1) is 15.3. The first-order valence-electron chi connectivity index (χ1n) is 6.21. The van der Waals surface area contributed by atoms with Gasteiger partial charge in [0.2, 0.25) is 5.91 Å². The van der Waals surface area contributed by atoms with Crippen LogP contribution in [0.4, 0.5) is 4.79 Å². The fraction of sp³-hybridized carbons (Fsp3) is 0.750. The Kier molecular flexibility index (Phi) is 4.74. The highest BCUT2D eigenvalue weighted by Gasteiger charge is 2.41. The maximum absolute atomic E-state index is 11.9. The van der Waals surface area contributed by atoms with E-state index in [1.165, 1.54) is 16.8 Å². The molecule has 0 bridgehead atoms. The minimum Gasteiger partial charge on any atom is -0.481 e. The van der Waals surface area contributed by atoms with E-state index in [4.69, 9.17) is 5.11 Å². The van der Waals surface area contributed by atoms with Crippen molar-refractivity contribution in [1.82, 2.24) is 15.1 Å². The van der Waals surface area contributed by atoms with Crippen LogP contribution in [0.25, 0.3) is 0 Å². The van der Waals surface area contributed by atoms with Crippen molar-refractivity contribution in [1.29, 1.82) is 0 Å². The summed E-state index contributed by atoms with van der Waals surface area (Å²) in [6.07, 6.45) is 2.17. The molecular weight excluding hydrogens is 250 g/mol. The van der Waals surface area contributed by atoms with Crippen molar-refractivity contribution in [3.8, 4) is 0 Å². The molecule has 0 unspecified atom stereocenters. The van der Waals surface area contributed by atoms with Gasteiger partial charge in [0.25, 0.3) is 0 Å². The van der Waals surface area contributed by atoms with Crippen molar-refractivity contribution in [2.75, 3.05) is 27.7 Å². The Morgan fingerprint density at radius 3 is 2.16 bits per heavy atom. The van der Waals surface area contributed by atoms with Gasteiger partial charge in [-0.05, 0) is 19.3 Å². The molecule has 108 valence electrons. The standard InChI is InChI=1S/C12H21N3O4/c1-14(2)9(16)8-15(3)11(19)13-12(5-4-6-12)7-10(17)18/h4-8H2,1-3H3,(H,13,19)(H,17,18). The Balaban J connectivity index is 2.53.